The molecular formula is C23H27N3O4. The molecule has 158 valence electrons. The van der Waals surface area contributed by atoms with Gasteiger partial charge in [0.2, 0.25) is 17.6 Å². The number of carbonyl (C=O) groups is 1. The van der Waals surface area contributed by atoms with Gasteiger partial charge in [0.05, 0.1) is 13.7 Å². The summed E-state index contributed by atoms with van der Waals surface area (Å²) in [6.07, 6.45) is 0.843. The maximum Gasteiger partial charge on any atom is 0.249 e. The van der Waals surface area contributed by atoms with Crippen molar-refractivity contribution in [1.29, 1.82) is 0 Å². The summed E-state index contributed by atoms with van der Waals surface area (Å²) in [6, 6.07) is 16.7. The summed E-state index contributed by atoms with van der Waals surface area (Å²) in [5.74, 6) is 1.50. The third-order valence-corrected chi connectivity index (χ3v) is 4.93. The molecule has 2 atom stereocenters. The molecule has 0 saturated heterocycles. The fourth-order valence-electron chi connectivity index (χ4n) is 2.95. The van der Waals surface area contributed by atoms with E-state index in [1.165, 1.54) is 0 Å². The summed E-state index contributed by atoms with van der Waals surface area (Å²) >= 11 is 0. The van der Waals surface area contributed by atoms with Gasteiger partial charge in [-0.05, 0) is 35.7 Å². The molecule has 1 heterocycles. The van der Waals surface area contributed by atoms with Crippen LogP contribution in [0.4, 0.5) is 0 Å². The Morgan fingerprint density at radius 1 is 1.13 bits per heavy atom. The summed E-state index contributed by atoms with van der Waals surface area (Å²) < 4.78 is 16.2. The average molecular weight is 409 g/mol. The summed E-state index contributed by atoms with van der Waals surface area (Å²) in [4.78, 5) is 17.0. The number of hydrogen-bond acceptors (Lipinski definition) is 6. The van der Waals surface area contributed by atoms with E-state index in [-0.39, 0.29) is 24.5 Å². The Bertz CT molecular complexity index is 925. The molecule has 0 aliphatic carbocycles. The molecule has 1 aromatic heterocycles. The molecule has 1 amide bonds. The molecule has 0 aliphatic rings. The standard InChI is InChI=1S/C23H27N3O4/c1-4-16(2)21(24-20(27)15-29-14-17-8-6-5-7-9-17)23-25-22(26-30-23)18-10-12-19(28-3)13-11-18/h5-13,16,21H,4,14-15H2,1-3H3,(H,24,27)/t16-,21+/m0/s1. The van der Waals surface area contributed by atoms with Gasteiger partial charge in [-0.15, -0.1) is 0 Å². The van der Waals surface area contributed by atoms with Crippen molar-refractivity contribution < 1.29 is 18.8 Å². The first kappa shape index (κ1) is 21.5. The normalized spacial score (nSPS) is 12.9. The lowest BCUT2D eigenvalue weighted by Crippen LogP contribution is -2.35. The number of methoxy groups -OCH3 is 1. The lowest BCUT2D eigenvalue weighted by atomic mass is 9.99. The minimum absolute atomic E-state index is 0.0404. The highest BCUT2D eigenvalue weighted by atomic mass is 16.5. The van der Waals surface area contributed by atoms with E-state index >= 15 is 0 Å². The van der Waals surface area contributed by atoms with Gasteiger partial charge in [-0.1, -0.05) is 55.8 Å². The molecule has 7 heteroatoms. The van der Waals surface area contributed by atoms with Gasteiger partial charge in [-0.25, -0.2) is 0 Å². The predicted octanol–water partition coefficient (Wildman–Crippen LogP) is 4.17. The largest absolute Gasteiger partial charge is 0.497 e. The van der Waals surface area contributed by atoms with E-state index in [1.54, 1.807) is 7.11 Å². The minimum atomic E-state index is -0.387. The molecule has 3 aromatic rings. The van der Waals surface area contributed by atoms with Crippen molar-refractivity contribution in [3.63, 3.8) is 0 Å². The number of hydrogen-bond donors (Lipinski definition) is 1. The zero-order valence-electron chi connectivity index (χ0n) is 17.5. The van der Waals surface area contributed by atoms with Crippen LogP contribution in [-0.2, 0) is 16.1 Å². The topological polar surface area (TPSA) is 86.5 Å². The maximum absolute atomic E-state index is 12.4. The second-order valence-corrected chi connectivity index (χ2v) is 7.09. The number of nitrogens with zero attached hydrogens (tertiary/aromatic N) is 2. The zero-order chi connectivity index (χ0) is 21.3. The van der Waals surface area contributed by atoms with Gasteiger partial charge in [-0.2, -0.15) is 4.98 Å². The highest BCUT2D eigenvalue weighted by Gasteiger charge is 2.26. The van der Waals surface area contributed by atoms with E-state index in [2.05, 4.69) is 22.4 Å². The van der Waals surface area contributed by atoms with Crippen molar-refractivity contribution >= 4 is 5.91 Å². The highest BCUT2D eigenvalue weighted by molar-refractivity contribution is 5.77. The van der Waals surface area contributed by atoms with Crippen molar-refractivity contribution in [1.82, 2.24) is 15.5 Å². The van der Waals surface area contributed by atoms with Crippen molar-refractivity contribution in [2.45, 2.75) is 32.9 Å². The van der Waals surface area contributed by atoms with E-state index in [0.29, 0.717) is 18.3 Å². The van der Waals surface area contributed by atoms with Crippen molar-refractivity contribution in [3.05, 3.63) is 66.1 Å². The predicted molar refractivity (Wildman–Crippen MR) is 113 cm³/mol. The fourth-order valence-corrected chi connectivity index (χ4v) is 2.95. The Labute approximate surface area is 176 Å². The Balaban J connectivity index is 1.63. The van der Waals surface area contributed by atoms with Crippen LogP contribution in [-0.4, -0.2) is 29.8 Å². The monoisotopic (exact) mass is 409 g/mol. The molecule has 30 heavy (non-hydrogen) atoms. The molecule has 0 radical (unpaired) electrons. The van der Waals surface area contributed by atoms with Gasteiger partial charge in [-0.3, -0.25) is 4.79 Å². The SMILES string of the molecule is CC[C@H](C)[C@@H](NC(=O)COCc1ccccc1)c1nc(-c2ccc(OC)cc2)no1. The van der Waals surface area contributed by atoms with Crippen LogP contribution in [0, 0.1) is 5.92 Å². The molecule has 0 aliphatic heterocycles. The van der Waals surface area contributed by atoms with Gasteiger partial charge in [0, 0.05) is 5.56 Å². The van der Waals surface area contributed by atoms with Crippen LogP contribution >= 0.6 is 0 Å². The zero-order valence-corrected chi connectivity index (χ0v) is 17.5. The quantitative estimate of drug-likeness (QED) is 0.541. The number of rotatable bonds is 10. The smallest absolute Gasteiger partial charge is 0.249 e. The Kier molecular flexibility index (Phi) is 7.57. The number of nitrogens with one attached hydrogen (secondary N) is 1. The Morgan fingerprint density at radius 2 is 1.87 bits per heavy atom. The second-order valence-electron chi connectivity index (χ2n) is 7.09. The summed E-state index contributed by atoms with van der Waals surface area (Å²) in [7, 11) is 1.62. The van der Waals surface area contributed by atoms with Gasteiger partial charge >= 0.3 is 0 Å². The summed E-state index contributed by atoms with van der Waals surface area (Å²) in [6.45, 7) is 4.43. The van der Waals surface area contributed by atoms with Crippen LogP contribution in [0.1, 0.15) is 37.8 Å². The number of carbonyl (C=O) groups excluding carboxylic acids is 1. The Morgan fingerprint density at radius 3 is 2.53 bits per heavy atom. The molecule has 2 aromatic carbocycles. The summed E-state index contributed by atoms with van der Waals surface area (Å²) in [5.41, 5.74) is 1.83. The third kappa shape index (κ3) is 5.67. The van der Waals surface area contributed by atoms with E-state index in [1.807, 2.05) is 61.5 Å². The first-order valence-electron chi connectivity index (χ1n) is 9.99. The molecule has 0 bridgehead atoms. The number of benzene rings is 2. The number of aromatic nitrogens is 2. The number of amides is 1. The fraction of sp³-hybridized carbons (Fsp3) is 0.348. The van der Waals surface area contributed by atoms with Crippen LogP contribution in [0.3, 0.4) is 0 Å². The molecule has 1 N–H and O–H groups in total. The van der Waals surface area contributed by atoms with E-state index < -0.39 is 0 Å². The lowest BCUT2D eigenvalue weighted by molar-refractivity contribution is -0.127. The third-order valence-electron chi connectivity index (χ3n) is 4.93. The van der Waals surface area contributed by atoms with E-state index in [9.17, 15) is 4.79 Å². The second kappa shape index (κ2) is 10.5. The van der Waals surface area contributed by atoms with Crippen LogP contribution in [0.25, 0.3) is 11.4 Å². The van der Waals surface area contributed by atoms with E-state index in [0.717, 1.165) is 23.3 Å². The molecular weight excluding hydrogens is 382 g/mol. The summed E-state index contributed by atoms with van der Waals surface area (Å²) in [5, 5.41) is 7.05. The van der Waals surface area contributed by atoms with Gasteiger partial charge in [0.25, 0.3) is 0 Å². The number of ether oxygens (including phenoxy) is 2. The van der Waals surface area contributed by atoms with Crippen LogP contribution in [0.15, 0.2) is 59.1 Å². The molecule has 0 unspecified atom stereocenters. The van der Waals surface area contributed by atoms with Crippen LogP contribution < -0.4 is 10.1 Å². The van der Waals surface area contributed by atoms with Crippen LogP contribution in [0.2, 0.25) is 0 Å². The minimum Gasteiger partial charge on any atom is -0.497 e. The highest BCUT2D eigenvalue weighted by Crippen LogP contribution is 2.26. The van der Waals surface area contributed by atoms with E-state index in [4.69, 9.17) is 14.0 Å². The van der Waals surface area contributed by atoms with Gasteiger partial charge in [0.15, 0.2) is 0 Å². The first-order chi connectivity index (χ1) is 14.6. The Hall–Kier alpha value is -3.19. The maximum atomic E-state index is 12.4. The van der Waals surface area contributed by atoms with Crippen molar-refractivity contribution in [3.8, 4) is 17.1 Å². The average Bonchev–Trinajstić information content (AvgIpc) is 3.27. The van der Waals surface area contributed by atoms with Crippen molar-refractivity contribution in [2.24, 2.45) is 5.92 Å². The molecule has 0 spiro atoms. The van der Waals surface area contributed by atoms with Gasteiger partial charge in [0.1, 0.15) is 18.4 Å². The molecule has 7 nitrogen and oxygen atoms in total. The molecule has 0 saturated carbocycles. The molecule has 3 rings (SSSR count). The molecule has 0 fully saturated rings. The van der Waals surface area contributed by atoms with Gasteiger partial charge < -0.3 is 19.3 Å². The van der Waals surface area contributed by atoms with Crippen molar-refractivity contribution in [2.75, 3.05) is 13.7 Å². The van der Waals surface area contributed by atoms with Crippen LogP contribution in [0.5, 0.6) is 5.75 Å². The lowest BCUT2D eigenvalue weighted by Gasteiger charge is -2.20. The first-order valence-corrected chi connectivity index (χ1v) is 9.99.